The molecule has 1 spiro atoms. The number of nitrogens with zero attached hydrogens (tertiary/aromatic N) is 3. The highest BCUT2D eigenvalue weighted by atomic mass is 32.1. The molecule has 1 saturated heterocycles. The number of hydrogen-bond acceptors (Lipinski definition) is 5. The second kappa shape index (κ2) is 7.06. The minimum absolute atomic E-state index is 0.148. The Morgan fingerprint density at radius 2 is 1.90 bits per heavy atom. The summed E-state index contributed by atoms with van der Waals surface area (Å²) >= 11 is 1.60. The minimum atomic E-state index is 0.148. The monoisotopic (exact) mass is 418 g/mol. The fraction of sp³-hybridized carbons (Fsp3) is 0.417. The number of nitrogens with one attached hydrogen (secondary N) is 1. The Bertz CT molecular complexity index is 1110. The summed E-state index contributed by atoms with van der Waals surface area (Å²) in [6.45, 7) is 5.32. The average molecular weight is 419 g/mol. The Hall–Kier alpha value is -2.44. The highest BCUT2D eigenvalue weighted by molar-refractivity contribution is 7.13. The summed E-state index contributed by atoms with van der Waals surface area (Å²) in [5.74, 6) is 1.33. The van der Waals surface area contributed by atoms with E-state index in [4.69, 9.17) is 4.37 Å². The Morgan fingerprint density at radius 3 is 2.73 bits per heavy atom. The summed E-state index contributed by atoms with van der Waals surface area (Å²) in [4.78, 5) is 17.0. The van der Waals surface area contributed by atoms with Gasteiger partial charge in [-0.15, -0.1) is 0 Å². The number of carbonyl (C=O) groups is 1. The highest BCUT2D eigenvalue weighted by Gasteiger charge is 2.49. The summed E-state index contributed by atoms with van der Waals surface area (Å²) in [5, 5.41) is 4.34. The molecule has 1 amide bonds. The number of carbonyl (C=O) groups excluding carboxylic acids is 1. The lowest BCUT2D eigenvalue weighted by Gasteiger charge is -2.35. The molecule has 2 aliphatic heterocycles. The predicted octanol–water partition coefficient (Wildman–Crippen LogP) is 4.03. The third kappa shape index (κ3) is 3.19. The van der Waals surface area contributed by atoms with Gasteiger partial charge in [0, 0.05) is 55.6 Å². The van der Waals surface area contributed by atoms with Crippen molar-refractivity contribution < 1.29 is 4.79 Å². The first-order valence-electron chi connectivity index (χ1n) is 11.0. The van der Waals surface area contributed by atoms with Crippen molar-refractivity contribution in [2.24, 2.45) is 0 Å². The quantitative estimate of drug-likeness (QED) is 0.695. The van der Waals surface area contributed by atoms with Gasteiger partial charge in [-0.05, 0) is 60.1 Å². The zero-order valence-electron chi connectivity index (χ0n) is 17.1. The number of rotatable bonds is 4. The first-order chi connectivity index (χ1) is 14.7. The molecule has 1 saturated carbocycles. The molecule has 3 heterocycles. The van der Waals surface area contributed by atoms with Gasteiger partial charge in [-0.1, -0.05) is 24.3 Å². The van der Waals surface area contributed by atoms with Crippen molar-refractivity contribution in [3.63, 3.8) is 0 Å². The lowest BCUT2D eigenvalue weighted by Crippen LogP contribution is -2.47. The van der Waals surface area contributed by atoms with Gasteiger partial charge in [-0.25, -0.2) is 0 Å². The molecule has 3 aliphatic rings. The first kappa shape index (κ1) is 18.3. The third-order valence-corrected chi connectivity index (χ3v) is 7.85. The number of fused-ring (bicyclic) bond motifs is 3. The van der Waals surface area contributed by atoms with Crippen molar-refractivity contribution in [3.8, 4) is 0 Å². The van der Waals surface area contributed by atoms with Crippen LogP contribution >= 0.6 is 11.5 Å². The van der Waals surface area contributed by atoms with E-state index in [0.717, 1.165) is 63.5 Å². The van der Waals surface area contributed by atoms with Gasteiger partial charge in [0.25, 0.3) is 0 Å². The maximum absolute atomic E-state index is 12.0. The summed E-state index contributed by atoms with van der Waals surface area (Å²) < 4.78 is 5.99. The molecule has 1 aliphatic carbocycles. The van der Waals surface area contributed by atoms with E-state index in [1.165, 1.54) is 21.2 Å². The van der Waals surface area contributed by atoms with Crippen LogP contribution in [0.3, 0.4) is 0 Å². The SMILES string of the molecule is O=C1CC2(CC2)c2cc(CCN3CCN(c4nsc5ccccc45)CC3)ccc2N1. The molecule has 154 valence electrons. The highest BCUT2D eigenvalue weighted by Crippen LogP contribution is 2.55. The summed E-state index contributed by atoms with van der Waals surface area (Å²) in [6.07, 6.45) is 4.04. The number of hydrogen-bond donors (Lipinski definition) is 1. The van der Waals surface area contributed by atoms with Gasteiger partial charge in [0.15, 0.2) is 0 Å². The molecule has 6 heteroatoms. The van der Waals surface area contributed by atoms with E-state index in [2.05, 4.69) is 57.6 Å². The maximum atomic E-state index is 12.0. The minimum Gasteiger partial charge on any atom is -0.353 e. The van der Waals surface area contributed by atoms with Gasteiger partial charge in [-0.2, -0.15) is 4.37 Å². The van der Waals surface area contributed by atoms with Crippen molar-refractivity contribution >= 4 is 39.0 Å². The van der Waals surface area contributed by atoms with Crippen molar-refractivity contribution in [2.45, 2.75) is 31.1 Å². The molecule has 30 heavy (non-hydrogen) atoms. The summed E-state index contributed by atoms with van der Waals surface area (Å²) in [6, 6.07) is 15.2. The van der Waals surface area contributed by atoms with Crippen LogP contribution in [-0.2, 0) is 16.6 Å². The Kier molecular flexibility index (Phi) is 4.32. The van der Waals surface area contributed by atoms with Crippen LogP contribution in [-0.4, -0.2) is 47.9 Å². The normalized spacial score (nSPS) is 20.4. The van der Waals surface area contributed by atoms with Gasteiger partial charge < -0.3 is 10.2 Å². The molecule has 1 N–H and O–H groups in total. The molecule has 0 atom stereocenters. The van der Waals surface area contributed by atoms with Gasteiger partial charge in [-0.3, -0.25) is 9.69 Å². The molecule has 3 aromatic rings. The molecule has 2 fully saturated rings. The Morgan fingerprint density at radius 1 is 1.07 bits per heavy atom. The Labute approximate surface area is 180 Å². The molecular weight excluding hydrogens is 392 g/mol. The molecule has 2 aromatic carbocycles. The van der Waals surface area contributed by atoms with Crippen molar-refractivity contribution in [3.05, 3.63) is 53.6 Å². The van der Waals surface area contributed by atoms with Gasteiger partial charge >= 0.3 is 0 Å². The average Bonchev–Trinajstić information content (AvgIpc) is 3.40. The molecule has 1 aromatic heterocycles. The van der Waals surface area contributed by atoms with E-state index in [9.17, 15) is 4.79 Å². The molecule has 5 nitrogen and oxygen atoms in total. The van der Waals surface area contributed by atoms with Gasteiger partial charge in [0.1, 0.15) is 5.82 Å². The Balaban J connectivity index is 1.09. The van der Waals surface area contributed by atoms with Crippen molar-refractivity contribution in [2.75, 3.05) is 42.9 Å². The van der Waals surface area contributed by atoms with Gasteiger partial charge in [0.2, 0.25) is 5.91 Å². The molecular formula is C24H26N4OS. The van der Waals surface area contributed by atoms with E-state index in [1.54, 1.807) is 11.5 Å². The molecule has 0 bridgehead atoms. The van der Waals surface area contributed by atoms with Crippen LogP contribution < -0.4 is 10.2 Å². The van der Waals surface area contributed by atoms with E-state index in [-0.39, 0.29) is 11.3 Å². The summed E-state index contributed by atoms with van der Waals surface area (Å²) in [5.41, 5.74) is 3.95. The van der Waals surface area contributed by atoms with Gasteiger partial charge in [0.05, 0.1) is 4.70 Å². The largest absolute Gasteiger partial charge is 0.353 e. The van der Waals surface area contributed by atoms with E-state index in [1.807, 2.05) is 0 Å². The number of anilines is 2. The second-order valence-corrected chi connectivity index (χ2v) is 9.77. The smallest absolute Gasteiger partial charge is 0.225 e. The van der Waals surface area contributed by atoms with Crippen LogP contribution in [0, 0.1) is 0 Å². The fourth-order valence-corrected chi connectivity index (χ4v) is 5.86. The van der Waals surface area contributed by atoms with Crippen LogP contribution in [0.15, 0.2) is 42.5 Å². The molecule has 6 rings (SSSR count). The summed E-state index contributed by atoms with van der Waals surface area (Å²) in [7, 11) is 0. The maximum Gasteiger partial charge on any atom is 0.225 e. The van der Waals surface area contributed by atoms with Crippen molar-refractivity contribution in [1.82, 2.24) is 9.27 Å². The lowest BCUT2D eigenvalue weighted by atomic mass is 9.86. The molecule has 0 radical (unpaired) electrons. The fourth-order valence-electron chi connectivity index (χ4n) is 5.06. The molecule has 0 unspecified atom stereocenters. The third-order valence-electron chi connectivity index (χ3n) is 7.03. The predicted molar refractivity (Wildman–Crippen MR) is 123 cm³/mol. The standard InChI is InChI=1S/C24H26N4OS/c29-22-16-24(8-9-24)19-15-17(5-6-20(19)25-22)7-10-27-11-13-28(14-12-27)23-18-3-1-2-4-21(18)30-26-23/h1-6,15H,7-14,16H2,(H,25,29). The van der Waals surface area contributed by atoms with Crippen LogP contribution in [0.1, 0.15) is 30.4 Å². The number of benzene rings is 2. The van der Waals surface area contributed by atoms with Crippen LogP contribution in [0.25, 0.3) is 10.1 Å². The number of amides is 1. The van der Waals surface area contributed by atoms with Crippen LogP contribution in [0.5, 0.6) is 0 Å². The second-order valence-electron chi connectivity index (χ2n) is 8.97. The van der Waals surface area contributed by atoms with Crippen LogP contribution in [0.2, 0.25) is 0 Å². The number of piperazine rings is 1. The van der Waals surface area contributed by atoms with Crippen LogP contribution in [0.4, 0.5) is 11.5 Å². The van der Waals surface area contributed by atoms with E-state index >= 15 is 0 Å². The topological polar surface area (TPSA) is 48.5 Å². The zero-order chi connectivity index (χ0) is 20.1. The zero-order valence-corrected chi connectivity index (χ0v) is 17.9. The first-order valence-corrected chi connectivity index (χ1v) is 11.7. The van der Waals surface area contributed by atoms with E-state index < -0.39 is 0 Å². The number of aromatic nitrogens is 1. The van der Waals surface area contributed by atoms with Crippen molar-refractivity contribution in [1.29, 1.82) is 0 Å². The van der Waals surface area contributed by atoms with E-state index in [0.29, 0.717) is 6.42 Å². The lowest BCUT2D eigenvalue weighted by molar-refractivity contribution is -0.117.